The molecule has 6 heteroatoms. The number of nitrogens with zero attached hydrogens (tertiary/aromatic N) is 4. The molecule has 0 spiro atoms. The molecule has 0 fully saturated rings. The van der Waals surface area contributed by atoms with E-state index >= 15 is 0 Å². The van der Waals surface area contributed by atoms with Crippen LogP contribution in [0.15, 0.2) is 227 Å². The predicted molar refractivity (Wildman–Crippen MR) is 269 cm³/mol. The van der Waals surface area contributed by atoms with Crippen molar-refractivity contribution in [1.82, 2.24) is 14.5 Å². The van der Waals surface area contributed by atoms with Crippen molar-refractivity contribution in [3.63, 3.8) is 0 Å². The zero-order valence-corrected chi connectivity index (χ0v) is 35.0. The Morgan fingerprint density at radius 2 is 1.05 bits per heavy atom. The van der Waals surface area contributed by atoms with Crippen LogP contribution in [0.5, 0.6) is 0 Å². The van der Waals surface area contributed by atoms with E-state index in [1.807, 2.05) is 0 Å². The third kappa shape index (κ3) is 5.54. The van der Waals surface area contributed by atoms with E-state index in [-0.39, 0.29) is 0 Å². The fourth-order valence-corrected chi connectivity index (χ4v) is 10.3. The normalized spacial score (nSPS) is 14.3. The molecule has 65 heavy (non-hydrogen) atoms. The summed E-state index contributed by atoms with van der Waals surface area (Å²) >= 11 is 0. The highest BCUT2D eigenvalue weighted by Gasteiger charge is 2.25. The van der Waals surface area contributed by atoms with Crippen LogP contribution in [0, 0.1) is 0 Å². The lowest BCUT2D eigenvalue weighted by molar-refractivity contribution is 0.655. The van der Waals surface area contributed by atoms with Crippen LogP contribution < -0.4 is 5.32 Å². The van der Waals surface area contributed by atoms with Gasteiger partial charge in [0.2, 0.25) is 0 Å². The second kappa shape index (κ2) is 13.9. The number of benzene rings is 10. The number of nitrogens with one attached hydrogen (secondary N) is 1. The molecular weight excluding hydrogens is 795 g/mol. The minimum atomic E-state index is -0.413. The minimum absolute atomic E-state index is 0.413. The Bertz CT molecular complexity index is 4170. The van der Waals surface area contributed by atoms with Crippen LogP contribution in [0.1, 0.15) is 22.9 Å². The van der Waals surface area contributed by atoms with E-state index in [1.54, 1.807) is 0 Å². The Kier molecular flexibility index (Phi) is 7.65. The molecule has 0 amide bonds. The number of aromatic nitrogens is 2. The summed E-state index contributed by atoms with van der Waals surface area (Å²) in [6, 6.07) is 75.7. The Balaban J connectivity index is 0.942. The van der Waals surface area contributed by atoms with Crippen LogP contribution in [0.4, 0.5) is 0 Å². The van der Waals surface area contributed by atoms with Crippen molar-refractivity contribution in [1.29, 1.82) is 0 Å². The first-order valence-electron chi connectivity index (χ1n) is 22.1. The average Bonchev–Trinajstić information content (AvgIpc) is 4.02. The average molecular weight is 832 g/mol. The molecule has 304 valence electrons. The lowest BCUT2D eigenvalue weighted by atomic mass is 10.0. The predicted octanol–water partition coefficient (Wildman–Crippen LogP) is 14.6. The van der Waals surface area contributed by atoms with Crippen LogP contribution in [-0.2, 0) is 0 Å². The summed E-state index contributed by atoms with van der Waals surface area (Å²) in [5.74, 6) is 1.46. The number of furan rings is 1. The van der Waals surface area contributed by atoms with E-state index in [0.29, 0.717) is 5.84 Å². The van der Waals surface area contributed by atoms with Crippen molar-refractivity contribution in [3.05, 3.63) is 229 Å². The topological polar surface area (TPSA) is 59.8 Å². The third-order valence-electron chi connectivity index (χ3n) is 13.3. The van der Waals surface area contributed by atoms with Crippen LogP contribution in [-0.4, -0.2) is 20.8 Å². The molecule has 1 N–H and O–H groups in total. The second-order valence-electron chi connectivity index (χ2n) is 17.0. The van der Waals surface area contributed by atoms with Gasteiger partial charge in [-0.1, -0.05) is 140 Å². The quantitative estimate of drug-likeness (QED) is 0.188. The molecule has 6 nitrogen and oxygen atoms in total. The molecule has 1 unspecified atom stereocenters. The number of hydrogen-bond donors (Lipinski definition) is 1. The zero-order chi connectivity index (χ0) is 42.6. The fraction of sp³-hybridized carbons (Fsp3) is 0.0169. The van der Waals surface area contributed by atoms with Gasteiger partial charge in [-0.05, 0) is 94.3 Å². The van der Waals surface area contributed by atoms with Gasteiger partial charge in [0.1, 0.15) is 23.2 Å². The van der Waals surface area contributed by atoms with Crippen molar-refractivity contribution >= 4 is 98.8 Å². The summed E-state index contributed by atoms with van der Waals surface area (Å²) in [4.78, 5) is 10.5. The molecule has 0 saturated carbocycles. The first-order valence-corrected chi connectivity index (χ1v) is 22.1. The maximum Gasteiger partial charge on any atom is 0.159 e. The smallest absolute Gasteiger partial charge is 0.159 e. The largest absolute Gasteiger partial charge is 0.456 e. The van der Waals surface area contributed by atoms with Crippen molar-refractivity contribution in [2.75, 3.05) is 0 Å². The molecule has 0 aliphatic carbocycles. The highest BCUT2D eigenvalue weighted by Crippen LogP contribution is 2.42. The minimum Gasteiger partial charge on any atom is -0.456 e. The molecule has 1 aliphatic heterocycles. The van der Waals surface area contributed by atoms with Gasteiger partial charge in [-0.3, -0.25) is 0 Å². The van der Waals surface area contributed by atoms with Crippen LogP contribution in [0.25, 0.3) is 98.5 Å². The van der Waals surface area contributed by atoms with E-state index in [9.17, 15) is 0 Å². The van der Waals surface area contributed by atoms with Gasteiger partial charge in [0, 0.05) is 49.3 Å². The number of amidine groups is 2. The molecule has 1 aliphatic rings. The number of para-hydroxylation sites is 3. The molecule has 0 radical (unpaired) electrons. The Hall–Kier alpha value is -8.74. The van der Waals surface area contributed by atoms with Crippen LogP contribution in [0.2, 0.25) is 0 Å². The van der Waals surface area contributed by atoms with Gasteiger partial charge >= 0.3 is 0 Å². The SMILES string of the molecule is c1ccc(-n2c3ccccc3c3cc4c5ccccc5n(-c5cccc6oc7cc(C8N=C(c9ccc%10ccccc%10c9)N=C(c9ccc%10ccccc%10c9)N8)ccc7c56)c4cc32)cc1. The van der Waals surface area contributed by atoms with E-state index in [1.165, 1.54) is 37.8 Å². The summed E-state index contributed by atoms with van der Waals surface area (Å²) in [5.41, 5.74) is 11.4. The van der Waals surface area contributed by atoms with E-state index in [0.717, 1.165) is 83.2 Å². The summed E-state index contributed by atoms with van der Waals surface area (Å²) in [6.07, 6.45) is -0.413. The molecular formula is C59H37N5O. The number of aliphatic imine (C=N–C) groups is 2. The molecule has 0 saturated heterocycles. The van der Waals surface area contributed by atoms with Crippen LogP contribution in [0.3, 0.4) is 0 Å². The van der Waals surface area contributed by atoms with Crippen molar-refractivity contribution in [2.24, 2.45) is 9.98 Å². The molecule has 1 atom stereocenters. The molecule has 10 aromatic carbocycles. The standard InChI is InChI=1S/C59H37N5O/c1-2-17-43(18-3-1)63-49-21-10-8-19-44(49)47-34-48-45-20-9-11-22-50(45)64(53(48)35-52(47)63)51-23-12-24-54-56(51)46-30-29-42(33-55(46)65-54)59-61-57(40-27-25-36-13-4-6-15-38(36)31-40)60-58(62-59)41-28-26-37-14-5-7-16-39(37)32-41/h1-35,59H,(H,60,61,62). The van der Waals surface area contributed by atoms with Gasteiger partial charge in [-0.15, -0.1) is 0 Å². The highest BCUT2D eigenvalue weighted by molar-refractivity contribution is 6.21. The van der Waals surface area contributed by atoms with E-state index < -0.39 is 6.17 Å². The summed E-state index contributed by atoms with van der Waals surface area (Å²) in [7, 11) is 0. The lowest BCUT2D eigenvalue weighted by Crippen LogP contribution is -2.33. The second-order valence-corrected chi connectivity index (χ2v) is 17.0. The van der Waals surface area contributed by atoms with Gasteiger partial charge in [0.15, 0.2) is 5.84 Å². The fourth-order valence-electron chi connectivity index (χ4n) is 10.3. The first-order chi connectivity index (χ1) is 32.2. The number of hydrogen-bond acceptors (Lipinski definition) is 4. The van der Waals surface area contributed by atoms with E-state index in [4.69, 9.17) is 14.4 Å². The molecule has 0 bridgehead atoms. The van der Waals surface area contributed by atoms with Gasteiger partial charge in [-0.2, -0.15) is 0 Å². The third-order valence-corrected chi connectivity index (χ3v) is 13.3. The monoisotopic (exact) mass is 831 g/mol. The summed E-state index contributed by atoms with van der Waals surface area (Å²) in [5, 5.41) is 15.4. The summed E-state index contributed by atoms with van der Waals surface area (Å²) in [6.45, 7) is 0. The Labute approximate surface area is 372 Å². The van der Waals surface area contributed by atoms with Crippen molar-refractivity contribution in [2.45, 2.75) is 6.17 Å². The van der Waals surface area contributed by atoms with E-state index in [2.05, 4.69) is 227 Å². The maximum absolute atomic E-state index is 6.83. The highest BCUT2D eigenvalue weighted by atomic mass is 16.3. The van der Waals surface area contributed by atoms with Crippen molar-refractivity contribution < 1.29 is 4.42 Å². The molecule has 4 heterocycles. The maximum atomic E-state index is 6.83. The molecule has 14 rings (SSSR count). The Morgan fingerprint density at radius 1 is 0.415 bits per heavy atom. The van der Waals surface area contributed by atoms with Gasteiger partial charge in [-0.25, -0.2) is 9.98 Å². The number of fused-ring (bicyclic) bond motifs is 11. The van der Waals surface area contributed by atoms with Gasteiger partial charge in [0.25, 0.3) is 0 Å². The lowest BCUT2D eigenvalue weighted by Gasteiger charge is -2.24. The molecule has 3 aromatic heterocycles. The number of rotatable bonds is 5. The summed E-state index contributed by atoms with van der Waals surface area (Å²) < 4.78 is 11.7. The first kappa shape index (κ1) is 35.8. The van der Waals surface area contributed by atoms with Crippen LogP contribution >= 0.6 is 0 Å². The Morgan fingerprint density at radius 3 is 1.80 bits per heavy atom. The van der Waals surface area contributed by atoms with Crippen molar-refractivity contribution in [3.8, 4) is 11.4 Å². The molecule has 13 aromatic rings. The van der Waals surface area contributed by atoms with Gasteiger partial charge < -0.3 is 18.9 Å². The van der Waals surface area contributed by atoms with Gasteiger partial charge in [0.05, 0.1) is 33.1 Å². The zero-order valence-electron chi connectivity index (χ0n) is 35.0.